The Morgan fingerprint density at radius 3 is 2.71 bits per heavy atom. The molecule has 17 heavy (non-hydrogen) atoms. The van der Waals surface area contributed by atoms with Gasteiger partial charge in [0.15, 0.2) is 5.16 Å². The van der Waals surface area contributed by atoms with Gasteiger partial charge in [0.1, 0.15) is 6.04 Å². The maximum absolute atomic E-state index is 11.4. The van der Waals surface area contributed by atoms with Gasteiger partial charge in [0.2, 0.25) is 0 Å². The average molecular weight is 255 g/mol. The molecule has 0 radical (unpaired) electrons. The molecule has 0 saturated heterocycles. The minimum Gasteiger partial charge on any atom is -0.468 e. The van der Waals surface area contributed by atoms with Crippen molar-refractivity contribution in [1.82, 2.24) is 15.3 Å². The van der Waals surface area contributed by atoms with E-state index in [9.17, 15) is 4.79 Å². The molecule has 0 bridgehead atoms. The van der Waals surface area contributed by atoms with E-state index in [0.29, 0.717) is 10.9 Å². The van der Waals surface area contributed by atoms with Crippen LogP contribution in [-0.2, 0) is 9.53 Å². The number of thioether (sulfide) groups is 1. The van der Waals surface area contributed by atoms with Crippen LogP contribution in [0.1, 0.15) is 12.5 Å². The lowest BCUT2D eigenvalue weighted by Crippen LogP contribution is -2.39. The molecule has 1 rings (SSSR count). The van der Waals surface area contributed by atoms with Crippen molar-refractivity contribution >= 4 is 17.7 Å². The molecule has 1 aromatic heterocycles. The summed E-state index contributed by atoms with van der Waals surface area (Å²) in [7, 11) is 1.39. The molecule has 1 unspecified atom stereocenters. The molecule has 0 aliphatic carbocycles. The lowest BCUT2D eigenvalue weighted by Gasteiger charge is -2.14. The maximum Gasteiger partial charge on any atom is 0.323 e. The number of esters is 1. The van der Waals surface area contributed by atoms with Gasteiger partial charge in [-0.15, -0.1) is 0 Å². The predicted molar refractivity (Wildman–Crippen MR) is 67.0 cm³/mol. The average Bonchev–Trinajstić information content (AvgIpc) is 2.35. The first-order valence-electron chi connectivity index (χ1n) is 5.40. The van der Waals surface area contributed by atoms with Gasteiger partial charge >= 0.3 is 5.97 Å². The summed E-state index contributed by atoms with van der Waals surface area (Å²) < 4.78 is 4.72. The zero-order valence-corrected chi connectivity index (χ0v) is 11.1. The maximum atomic E-state index is 11.4. The molecule has 6 heteroatoms. The lowest BCUT2D eigenvalue weighted by atomic mass is 10.3. The number of nitrogens with one attached hydrogen (secondary N) is 1. The van der Waals surface area contributed by atoms with Gasteiger partial charge in [-0.25, -0.2) is 9.97 Å². The molecule has 5 nitrogen and oxygen atoms in total. The number of rotatable bonds is 6. The van der Waals surface area contributed by atoms with Crippen LogP contribution in [0.2, 0.25) is 0 Å². The Morgan fingerprint density at radius 2 is 2.18 bits per heavy atom. The van der Waals surface area contributed by atoms with Gasteiger partial charge in [-0.2, -0.15) is 0 Å². The molecule has 0 saturated carbocycles. The number of likely N-dealkylation sites (N-methyl/N-ethyl adjacent to an activating group) is 1. The monoisotopic (exact) mass is 255 g/mol. The number of hydrogen-bond acceptors (Lipinski definition) is 6. The minimum absolute atomic E-state index is 0.258. The van der Waals surface area contributed by atoms with E-state index in [1.54, 1.807) is 12.4 Å². The molecule has 0 spiro atoms. The Hall–Kier alpha value is -1.14. The number of aryl methyl sites for hydroxylation is 1. The molecule has 0 amide bonds. The molecular weight excluding hydrogens is 238 g/mol. The predicted octanol–water partition coefficient (Wildman–Crippen LogP) is 1.03. The van der Waals surface area contributed by atoms with Crippen LogP contribution in [0.25, 0.3) is 0 Å². The quantitative estimate of drug-likeness (QED) is 0.465. The molecule has 1 N–H and O–H groups in total. The number of carbonyl (C=O) groups is 1. The van der Waals surface area contributed by atoms with Gasteiger partial charge in [0.05, 0.1) is 7.11 Å². The van der Waals surface area contributed by atoms with Gasteiger partial charge in [-0.05, 0) is 19.0 Å². The smallest absolute Gasteiger partial charge is 0.323 e. The summed E-state index contributed by atoms with van der Waals surface area (Å²) in [5.41, 5.74) is 1.02. The van der Waals surface area contributed by atoms with E-state index < -0.39 is 0 Å². The van der Waals surface area contributed by atoms with Crippen molar-refractivity contribution in [3.8, 4) is 0 Å². The van der Waals surface area contributed by atoms with Gasteiger partial charge in [0.25, 0.3) is 0 Å². The van der Waals surface area contributed by atoms with Gasteiger partial charge in [-0.3, -0.25) is 4.79 Å². The van der Waals surface area contributed by atoms with Crippen molar-refractivity contribution in [3.63, 3.8) is 0 Å². The molecule has 0 aliphatic rings. The van der Waals surface area contributed by atoms with Crippen LogP contribution in [0.4, 0.5) is 0 Å². The fourth-order valence-electron chi connectivity index (χ4n) is 1.21. The van der Waals surface area contributed by atoms with Crippen molar-refractivity contribution in [2.24, 2.45) is 0 Å². The Balaban J connectivity index is 2.51. The molecule has 0 aliphatic heterocycles. The third kappa shape index (κ3) is 4.70. The minimum atomic E-state index is -0.320. The first-order chi connectivity index (χ1) is 8.17. The van der Waals surface area contributed by atoms with Crippen molar-refractivity contribution in [2.75, 3.05) is 19.4 Å². The molecule has 0 fully saturated rings. The van der Waals surface area contributed by atoms with Crippen LogP contribution in [-0.4, -0.2) is 41.4 Å². The summed E-state index contributed by atoms with van der Waals surface area (Å²) in [5, 5.41) is 3.73. The number of carbonyl (C=O) groups excluding carboxylic acids is 1. The highest BCUT2D eigenvalue weighted by molar-refractivity contribution is 7.99. The van der Waals surface area contributed by atoms with Crippen LogP contribution in [0, 0.1) is 6.92 Å². The van der Waals surface area contributed by atoms with E-state index in [0.717, 1.165) is 12.1 Å². The lowest BCUT2D eigenvalue weighted by molar-refractivity contribution is -0.142. The van der Waals surface area contributed by atoms with Crippen LogP contribution in [0.15, 0.2) is 17.6 Å². The topological polar surface area (TPSA) is 64.1 Å². The third-order valence-corrected chi connectivity index (χ3v) is 3.04. The largest absolute Gasteiger partial charge is 0.468 e. The highest BCUT2D eigenvalue weighted by atomic mass is 32.2. The molecular formula is C11H17N3O2S. The van der Waals surface area contributed by atoms with E-state index >= 15 is 0 Å². The highest BCUT2D eigenvalue weighted by Gasteiger charge is 2.18. The second kappa shape index (κ2) is 7.24. The zero-order valence-electron chi connectivity index (χ0n) is 10.3. The first-order valence-corrected chi connectivity index (χ1v) is 6.38. The summed E-state index contributed by atoms with van der Waals surface area (Å²) in [6.07, 6.45) is 3.52. The van der Waals surface area contributed by atoms with Crippen LogP contribution < -0.4 is 5.32 Å². The molecule has 1 atom stereocenters. The van der Waals surface area contributed by atoms with Crippen LogP contribution >= 0.6 is 11.8 Å². The van der Waals surface area contributed by atoms with Gasteiger partial charge in [-0.1, -0.05) is 18.7 Å². The second-order valence-electron chi connectivity index (χ2n) is 3.49. The SMILES string of the molecule is CCNC(CSc1ncc(C)cn1)C(=O)OC. The fourth-order valence-corrected chi connectivity index (χ4v) is 2.04. The summed E-state index contributed by atoms with van der Waals surface area (Å²) in [4.78, 5) is 19.8. The van der Waals surface area contributed by atoms with Crippen molar-refractivity contribution in [2.45, 2.75) is 25.0 Å². The second-order valence-corrected chi connectivity index (χ2v) is 4.47. The number of hydrogen-bond donors (Lipinski definition) is 1. The third-order valence-electron chi connectivity index (χ3n) is 2.07. The standard InChI is InChI=1S/C11H17N3O2S/c1-4-12-9(10(15)16-3)7-17-11-13-5-8(2)6-14-11/h5-6,9,12H,4,7H2,1-3H3. The number of nitrogens with zero attached hydrogens (tertiary/aromatic N) is 2. The summed E-state index contributed by atoms with van der Waals surface area (Å²) >= 11 is 1.44. The van der Waals surface area contributed by atoms with E-state index in [4.69, 9.17) is 4.74 Å². The number of aromatic nitrogens is 2. The van der Waals surface area contributed by atoms with Gasteiger partial charge in [0, 0.05) is 18.1 Å². The Kier molecular flexibility index (Phi) is 5.93. The molecule has 1 aromatic rings. The Bertz CT molecular complexity index is 356. The highest BCUT2D eigenvalue weighted by Crippen LogP contribution is 2.13. The first kappa shape index (κ1) is 13.9. The van der Waals surface area contributed by atoms with Gasteiger partial charge < -0.3 is 10.1 Å². The molecule has 1 heterocycles. The zero-order chi connectivity index (χ0) is 12.7. The van der Waals surface area contributed by atoms with Crippen LogP contribution in [0.5, 0.6) is 0 Å². The Morgan fingerprint density at radius 1 is 1.53 bits per heavy atom. The van der Waals surface area contributed by atoms with E-state index in [1.807, 2.05) is 13.8 Å². The van der Waals surface area contributed by atoms with E-state index in [1.165, 1.54) is 18.9 Å². The normalized spacial score (nSPS) is 12.2. The summed E-state index contributed by atoms with van der Waals surface area (Å²) in [6.45, 7) is 4.60. The van der Waals surface area contributed by atoms with E-state index in [-0.39, 0.29) is 12.0 Å². The van der Waals surface area contributed by atoms with Crippen LogP contribution in [0.3, 0.4) is 0 Å². The van der Waals surface area contributed by atoms with Crippen molar-refractivity contribution < 1.29 is 9.53 Å². The molecule has 94 valence electrons. The van der Waals surface area contributed by atoms with E-state index in [2.05, 4.69) is 15.3 Å². The number of methoxy groups -OCH3 is 1. The number of ether oxygens (including phenoxy) is 1. The molecule has 0 aromatic carbocycles. The summed E-state index contributed by atoms with van der Waals surface area (Å²) in [6, 6.07) is -0.320. The Labute approximate surface area is 105 Å². The van der Waals surface area contributed by atoms with Crippen molar-refractivity contribution in [3.05, 3.63) is 18.0 Å². The van der Waals surface area contributed by atoms with Crippen molar-refractivity contribution in [1.29, 1.82) is 0 Å². The fraction of sp³-hybridized carbons (Fsp3) is 0.545. The summed E-state index contributed by atoms with van der Waals surface area (Å²) in [5.74, 6) is 0.301.